The number of carbonyl (C=O) groups excluding carboxylic acids is 4. The Labute approximate surface area is 244 Å². The molecule has 2 N–H and O–H groups in total. The summed E-state index contributed by atoms with van der Waals surface area (Å²) in [5.74, 6) is -1.32. The number of benzene rings is 2. The molecule has 2 fully saturated rings. The molecule has 4 heterocycles. The van der Waals surface area contributed by atoms with Gasteiger partial charge in [0.1, 0.15) is 6.04 Å². The summed E-state index contributed by atoms with van der Waals surface area (Å²) in [6.07, 6.45) is 6.30. The van der Waals surface area contributed by atoms with E-state index < -0.39 is 17.9 Å². The number of hydrogen-bond donors (Lipinski definition) is 2. The van der Waals surface area contributed by atoms with E-state index in [0.717, 1.165) is 28.9 Å². The minimum atomic E-state index is -0.850. The number of nitrogens with zero attached hydrogens (tertiary/aromatic N) is 4. The van der Waals surface area contributed by atoms with E-state index in [1.54, 1.807) is 24.4 Å². The van der Waals surface area contributed by atoms with Crippen LogP contribution in [-0.4, -0.2) is 62.3 Å². The lowest BCUT2D eigenvalue weighted by Gasteiger charge is -2.33. The van der Waals surface area contributed by atoms with Gasteiger partial charge in [-0.2, -0.15) is 5.10 Å². The number of nitrogens with one attached hydrogen (secondary N) is 2. The van der Waals surface area contributed by atoms with E-state index in [-0.39, 0.29) is 29.3 Å². The standard InChI is InChI=1S/C32H34N6O4/c1-20-11-12-27(29(39)35-20)38-31(41)25-9-6-10-26(28(25)32(38)42)33-17-22-18-34-37(19-22)24-13-15-36(16-14-24)30(40)21(2)23-7-4-3-5-8-23/h3-10,18-19,21,24,27,33H,1,11-17H2,2H3,(H,35,39)/t21-,27?/m0/s1. The maximum absolute atomic E-state index is 13.4. The summed E-state index contributed by atoms with van der Waals surface area (Å²) in [5, 5.41) is 10.5. The second-order valence-corrected chi connectivity index (χ2v) is 11.2. The molecule has 3 aliphatic heterocycles. The maximum Gasteiger partial charge on any atom is 0.264 e. The van der Waals surface area contributed by atoms with Crippen LogP contribution >= 0.6 is 0 Å². The fourth-order valence-corrected chi connectivity index (χ4v) is 6.12. The van der Waals surface area contributed by atoms with Crippen molar-refractivity contribution >= 4 is 29.3 Å². The van der Waals surface area contributed by atoms with Crippen LogP contribution in [0.4, 0.5) is 5.69 Å². The van der Waals surface area contributed by atoms with Crippen molar-refractivity contribution in [3.63, 3.8) is 0 Å². The highest BCUT2D eigenvalue weighted by molar-refractivity contribution is 6.25. The first-order valence-corrected chi connectivity index (χ1v) is 14.4. The first kappa shape index (κ1) is 27.4. The van der Waals surface area contributed by atoms with Crippen LogP contribution in [0.5, 0.6) is 0 Å². The molecule has 2 atom stereocenters. The Bertz CT molecular complexity index is 1560. The minimum absolute atomic E-state index is 0.154. The lowest BCUT2D eigenvalue weighted by atomic mass is 9.97. The Morgan fingerprint density at radius 1 is 1.05 bits per heavy atom. The Kier molecular flexibility index (Phi) is 7.36. The number of amides is 4. The van der Waals surface area contributed by atoms with Crippen LogP contribution in [0, 0.1) is 0 Å². The van der Waals surface area contributed by atoms with Crippen molar-refractivity contribution in [2.75, 3.05) is 18.4 Å². The number of rotatable bonds is 7. The van der Waals surface area contributed by atoms with Crippen molar-refractivity contribution in [2.45, 2.75) is 57.2 Å². The van der Waals surface area contributed by atoms with Crippen molar-refractivity contribution in [3.05, 3.63) is 95.5 Å². The summed E-state index contributed by atoms with van der Waals surface area (Å²) in [6, 6.07) is 14.3. The molecule has 42 heavy (non-hydrogen) atoms. The monoisotopic (exact) mass is 566 g/mol. The van der Waals surface area contributed by atoms with Gasteiger partial charge < -0.3 is 15.5 Å². The number of anilines is 1. The topological polar surface area (TPSA) is 117 Å². The number of piperidine rings is 2. The van der Waals surface area contributed by atoms with Gasteiger partial charge in [0.05, 0.1) is 29.3 Å². The van der Waals surface area contributed by atoms with E-state index in [1.807, 2.05) is 53.0 Å². The highest BCUT2D eigenvalue weighted by Gasteiger charge is 2.45. The first-order chi connectivity index (χ1) is 20.3. The molecule has 10 nitrogen and oxygen atoms in total. The third kappa shape index (κ3) is 5.08. The molecule has 3 aliphatic rings. The minimum Gasteiger partial charge on any atom is -0.380 e. The average molecular weight is 567 g/mol. The normalized spacial score (nSPS) is 20.0. The number of likely N-dealkylation sites (tertiary alicyclic amines) is 1. The van der Waals surface area contributed by atoms with Crippen molar-refractivity contribution in [1.29, 1.82) is 0 Å². The summed E-state index contributed by atoms with van der Waals surface area (Å²) in [7, 11) is 0. The van der Waals surface area contributed by atoms with E-state index >= 15 is 0 Å². The Morgan fingerprint density at radius 2 is 1.81 bits per heavy atom. The predicted molar refractivity (Wildman–Crippen MR) is 157 cm³/mol. The molecule has 1 unspecified atom stereocenters. The molecule has 4 amide bonds. The van der Waals surface area contributed by atoms with Crippen molar-refractivity contribution in [2.24, 2.45) is 0 Å². The van der Waals surface area contributed by atoms with Crippen LogP contribution in [0.3, 0.4) is 0 Å². The number of allylic oxidation sites excluding steroid dienone is 1. The third-order valence-electron chi connectivity index (χ3n) is 8.54. The number of imide groups is 1. The number of hydrogen-bond acceptors (Lipinski definition) is 6. The van der Waals surface area contributed by atoms with E-state index in [1.165, 1.54) is 0 Å². The smallest absolute Gasteiger partial charge is 0.264 e. The Hall–Kier alpha value is -4.73. The van der Waals surface area contributed by atoms with Crippen LogP contribution in [0.1, 0.15) is 76.4 Å². The molecule has 2 saturated heterocycles. The highest BCUT2D eigenvalue weighted by Crippen LogP contribution is 2.33. The van der Waals surface area contributed by atoms with Crippen LogP contribution in [0.2, 0.25) is 0 Å². The molecule has 0 spiro atoms. The third-order valence-corrected chi connectivity index (χ3v) is 8.54. The van der Waals surface area contributed by atoms with Crippen molar-refractivity contribution < 1.29 is 19.2 Å². The Balaban J connectivity index is 1.07. The van der Waals surface area contributed by atoms with E-state index in [4.69, 9.17) is 0 Å². The number of carbonyl (C=O) groups is 4. The number of fused-ring (bicyclic) bond motifs is 1. The molecule has 2 aromatic carbocycles. The SMILES string of the molecule is C=C1CCC(N2C(=O)c3cccc(NCc4cnn(C5CCN(C(=O)[C@@H](C)c6ccccc6)CC5)c4)c3C2=O)C(=O)N1. The zero-order chi connectivity index (χ0) is 29.4. The van der Waals surface area contributed by atoms with Gasteiger partial charge in [-0.3, -0.25) is 28.8 Å². The first-order valence-electron chi connectivity index (χ1n) is 14.4. The van der Waals surface area contributed by atoms with Crippen LogP contribution in [0.25, 0.3) is 0 Å². The molecule has 216 valence electrons. The highest BCUT2D eigenvalue weighted by atomic mass is 16.2. The molecule has 0 radical (unpaired) electrons. The quantitative estimate of drug-likeness (QED) is 0.420. The molecule has 0 aliphatic carbocycles. The molecule has 3 aromatic rings. The second-order valence-electron chi connectivity index (χ2n) is 11.2. The van der Waals surface area contributed by atoms with Gasteiger partial charge >= 0.3 is 0 Å². The van der Waals surface area contributed by atoms with Crippen molar-refractivity contribution in [3.8, 4) is 0 Å². The van der Waals surface area contributed by atoms with Crippen LogP contribution < -0.4 is 10.6 Å². The van der Waals surface area contributed by atoms with Gasteiger partial charge in [-0.25, -0.2) is 0 Å². The molecule has 6 rings (SSSR count). The largest absolute Gasteiger partial charge is 0.380 e. The summed E-state index contributed by atoms with van der Waals surface area (Å²) in [6.45, 7) is 7.52. The zero-order valence-electron chi connectivity index (χ0n) is 23.6. The molecule has 1 aromatic heterocycles. The molecule has 0 saturated carbocycles. The van der Waals surface area contributed by atoms with Gasteiger partial charge in [0, 0.05) is 42.8 Å². The summed E-state index contributed by atoms with van der Waals surface area (Å²) in [5.41, 5.74) is 3.67. The molecular weight excluding hydrogens is 532 g/mol. The van der Waals surface area contributed by atoms with Crippen molar-refractivity contribution in [1.82, 2.24) is 24.9 Å². The zero-order valence-corrected chi connectivity index (χ0v) is 23.6. The predicted octanol–water partition coefficient (Wildman–Crippen LogP) is 3.85. The average Bonchev–Trinajstić information content (AvgIpc) is 3.59. The summed E-state index contributed by atoms with van der Waals surface area (Å²) in [4.78, 5) is 55.2. The lowest BCUT2D eigenvalue weighted by molar-refractivity contribution is -0.133. The maximum atomic E-state index is 13.4. The van der Waals surface area contributed by atoms with Gasteiger partial charge in [0.2, 0.25) is 11.8 Å². The molecular formula is C32H34N6O4. The van der Waals surface area contributed by atoms with Crippen LogP contribution in [-0.2, 0) is 16.1 Å². The van der Waals surface area contributed by atoms with Gasteiger partial charge in [0.15, 0.2) is 0 Å². The molecule has 10 heteroatoms. The van der Waals surface area contributed by atoms with Gasteiger partial charge in [-0.15, -0.1) is 0 Å². The fraction of sp³-hybridized carbons (Fsp3) is 0.344. The second kappa shape index (κ2) is 11.3. The summed E-state index contributed by atoms with van der Waals surface area (Å²) >= 11 is 0. The fourth-order valence-electron chi connectivity index (χ4n) is 6.12. The number of aromatic nitrogens is 2. The summed E-state index contributed by atoms with van der Waals surface area (Å²) < 4.78 is 1.96. The van der Waals surface area contributed by atoms with E-state index in [0.29, 0.717) is 49.4 Å². The lowest BCUT2D eigenvalue weighted by Crippen LogP contribution is -2.51. The van der Waals surface area contributed by atoms with Gasteiger partial charge in [-0.1, -0.05) is 43.0 Å². The Morgan fingerprint density at radius 3 is 2.55 bits per heavy atom. The van der Waals surface area contributed by atoms with Gasteiger partial charge in [0.25, 0.3) is 11.8 Å². The van der Waals surface area contributed by atoms with E-state index in [2.05, 4.69) is 22.3 Å². The van der Waals surface area contributed by atoms with E-state index in [9.17, 15) is 19.2 Å². The molecule has 0 bridgehead atoms. The van der Waals surface area contributed by atoms with Gasteiger partial charge in [-0.05, 0) is 50.3 Å². The van der Waals surface area contributed by atoms with Crippen LogP contribution in [0.15, 0.2) is 73.2 Å².